The van der Waals surface area contributed by atoms with Crippen LogP contribution < -0.4 is 17.2 Å². The fourth-order valence-electron chi connectivity index (χ4n) is 2.75. The van der Waals surface area contributed by atoms with Gasteiger partial charge < -0.3 is 17.2 Å². The summed E-state index contributed by atoms with van der Waals surface area (Å²) in [6.45, 7) is 0.339. The van der Waals surface area contributed by atoms with E-state index in [1.54, 1.807) is 29.2 Å². The molecule has 0 spiro atoms. The molecule has 3 heterocycles. The number of nitrogen functional groups attached to an aromatic ring is 3. The summed E-state index contributed by atoms with van der Waals surface area (Å²) < 4.78 is 16.1. The number of rotatable bonds is 3. The minimum atomic E-state index is -0.401. The zero-order valence-electron chi connectivity index (χ0n) is 13.6. The van der Waals surface area contributed by atoms with Crippen LogP contribution >= 0.6 is 0 Å². The number of para-hydroxylation sites is 1. The van der Waals surface area contributed by atoms with E-state index in [1.165, 1.54) is 6.07 Å². The largest absolute Gasteiger partial charge is 0.393 e. The Labute approximate surface area is 147 Å². The van der Waals surface area contributed by atoms with Crippen LogP contribution in [0, 0.1) is 5.82 Å². The van der Waals surface area contributed by atoms with Crippen molar-refractivity contribution in [1.29, 1.82) is 0 Å². The summed E-state index contributed by atoms with van der Waals surface area (Å²) in [5, 5.41) is 5.05. The van der Waals surface area contributed by atoms with Crippen LogP contribution in [-0.4, -0.2) is 24.7 Å². The molecule has 6 N–H and O–H groups in total. The van der Waals surface area contributed by atoms with Crippen molar-refractivity contribution >= 4 is 28.2 Å². The molecule has 0 aliphatic carbocycles. The van der Waals surface area contributed by atoms with Crippen molar-refractivity contribution in [3.05, 3.63) is 54.1 Å². The number of pyridine rings is 1. The molecule has 4 aromatic rings. The highest BCUT2D eigenvalue weighted by Gasteiger charge is 2.19. The summed E-state index contributed by atoms with van der Waals surface area (Å²) in [5.74, 6) is -0.103. The number of hydrogen-bond acceptors (Lipinski definition) is 7. The normalized spacial score (nSPS) is 11.1. The van der Waals surface area contributed by atoms with Gasteiger partial charge in [-0.05, 0) is 17.7 Å². The molecule has 4 rings (SSSR count). The first-order chi connectivity index (χ1) is 12.5. The molecule has 0 bridgehead atoms. The molecule has 0 aliphatic rings. The van der Waals surface area contributed by atoms with E-state index in [0.717, 1.165) is 5.56 Å². The molecule has 0 atom stereocenters. The van der Waals surface area contributed by atoms with Crippen molar-refractivity contribution in [3.8, 4) is 11.5 Å². The van der Waals surface area contributed by atoms with Crippen LogP contribution in [0.2, 0.25) is 0 Å². The predicted molar refractivity (Wildman–Crippen MR) is 97.3 cm³/mol. The smallest absolute Gasteiger partial charge is 0.184 e. The maximum absolute atomic E-state index is 14.5. The number of nitrogens with zero attached hydrogens (tertiary/aromatic N) is 5. The summed E-state index contributed by atoms with van der Waals surface area (Å²) in [6, 6.07) is 8.41. The van der Waals surface area contributed by atoms with Crippen molar-refractivity contribution in [3.63, 3.8) is 0 Å². The van der Waals surface area contributed by atoms with E-state index in [9.17, 15) is 4.39 Å². The SMILES string of the molecule is Nc1nc(-c2nn(Cc3cccnc3)c3c(F)cccc23)nc(N)c1N. The standard InChI is InChI=1S/C17H15FN8/c18-11-5-1-4-10-13(17-23-15(20)12(19)16(21)24-17)25-26(14(10)11)8-9-3-2-6-22-7-9/h1-7H,8,19H2,(H4,20,21,23,24). The number of fused-ring (bicyclic) bond motifs is 1. The second kappa shape index (κ2) is 5.96. The summed E-state index contributed by atoms with van der Waals surface area (Å²) in [4.78, 5) is 12.4. The summed E-state index contributed by atoms with van der Waals surface area (Å²) in [6.07, 6.45) is 3.37. The van der Waals surface area contributed by atoms with E-state index in [0.29, 0.717) is 23.1 Å². The van der Waals surface area contributed by atoms with Crippen LogP contribution in [-0.2, 0) is 6.54 Å². The van der Waals surface area contributed by atoms with Gasteiger partial charge in [0.05, 0.1) is 6.54 Å². The van der Waals surface area contributed by atoms with E-state index in [4.69, 9.17) is 17.2 Å². The first-order valence-corrected chi connectivity index (χ1v) is 7.77. The number of benzene rings is 1. The minimum Gasteiger partial charge on any atom is -0.393 e. The van der Waals surface area contributed by atoms with E-state index in [2.05, 4.69) is 20.1 Å². The summed E-state index contributed by atoms with van der Waals surface area (Å²) >= 11 is 0. The van der Waals surface area contributed by atoms with Crippen molar-refractivity contribution in [1.82, 2.24) is 24.7 Å². The number of aromatic nitrogens is 5. The molecule has 1 aromatic carbocycles. The van der Waals surface area contributed by atoms with Crippen LogP contribution in [0.4, 0.5) is 21.7 Å². The van der Waals surface area contributed by atoms with Gasteiger partial charge in [0, 0.05) is 17.8 Å². The van der Waals surface area contributed by atoms with Gasteiger partial charge in [0.15, 0.2) is 17.5 Å². The molecule has 0 unspecified atom stereocenters. The Morgan fingerprint density at radius 2 is 1.77 bits per heavy atom. The molecule has 8 nitrogen and oxygen atoms in total. The Balaban J connectivity index is 1.93. The van der Waals surface area contributed by atoms with Gasteiger partial charge >= 0.3 is 0 Å². The van der Waals surface area contributed by atoms with Gasteiger partial charge in [0.25, 0.3) is 0 Å². The van der Waals surface area contributed by atoms with Crippen LogP contribution in [0.15, 0.2) is 42.7 Å². The van der Waals surface area contributed by atoms with Gasteiger partial charge in [-0.3, -0.25) is 9.67 Å². The van der Waals surface area contributed by atoms with E-state index >= 15 is 0 Å². The number of halogens is 1. The lowest BCUT2D eigenvalue weighted by Gasteiger charge is -2.05. The van der Waals surface area contributed by atoms with Crippen molar-refractivity contribution in [2.45, 2.75) is 6.54 Å². The first-order valence-electron chi connectivity index (χ1n) is 7.77. The highest BCUT2D eigenvalue weighted by molar-refractivity contribution is 5.93. The third-order valence-corrected chi connectivity index (χ3v) is 3.99. The van der Waals surface area contributed by atoms with Crippen molar-refractivity contribution in [2.75, 3.05) is 17.2 Å². The Hall–Kier alpha value is -3.75. The summed E-state index contributed by atoms with van der Waals surface area (Å²) in [7, 11) is 0. The van der Waals surface area contributed by atoms with E-state index < -0.39 is 5.82 Å². The monoisotopic (exact) mass is 350 g/mol. The Bertz CT molecular complexity index is 1080. The van der Waals surface area contributed by atoms with E-state index in [1.807, 2.05) is 12.1 Å². The molecule has 0 radical (unpaired) electrons. The molecular formula is C17H15FN8. The molecule has 0 aliphatic heterocycles. The average molecular weight is 350 g/mol. The number of nitrogens with two attached hydrogens (primary N) is 3. The molecule has 0 saturated heterocycles. The maximum Gasteiger partial charge on any atom is 0.184 e. The molecule has 0 saturated carbocycles. The molecular weight excluding hydrogens is 335 g/mol. The lowest BCUT2D eigenvalue weighted by atomic mass is 10.2. The van der Waals surface area contributed by atoms with Gasteiger partial charge in [-0.15, -0.1) is 0 Å². The van der Waals surface area contributed by atoms with Crippen molar-refractivity contribution < 1.29 is 4.39 Å². The topological polar surface area (TPSA) is 135 Å². The first kappa shape index (κ1) is 15.8. The van der Waals surface area contributed by atoms with E-state index in [-0.39, 0.29) is 23.1 Å². The van der Waals surface area contributed by atoms with Gasteiger partial charge in [-0.2, -0.15) is 5.10 Å². The average Bonchev–Trinajstić information content (AvgIpc) is 3.00. The van der Waals surface area contributed by atoms with Crippen LogP contribution in [0.3, 0.4) is 0 Å². The molecule has 130 valence electrons. The van der Waals surface area contributed by atoms with Crippen LogP contribution in [0.25, 0.3) is 22.4 Å². The third kappa shape index (κ3) is 2.55. The summed E-state index contributed by atoms with van der Waals surface area (Å²) in [5.41, 5.74) is 19.0. The molecule has 26 heavy (non-hydrogen) atoms. The number of hydrogen-bond donors (Lipinski definition) is 3. The second-order valence-electron chi connectivity index (χ2n) is 5.73. The highest BCUT2D eigenvalue weighted by Crippen LogP contribution is 2.30. The second-order valence-corrected chi connectivity index (χ2v) is 5.73. The Morgan fingerprint density at radius 1 is 1.00 bits per heavy atom. The van der Waals surface area contributed by atoms with Gasteiger partial charge in [0.2, 0.25) is 0 Å². The van der Waals surface area contributed by atoms with Gasteiger partial charge in [0.1, 0.15) is 22.7 Å². The number of anilines is 3. The van der Waals surface area contributed by atoms with Crippen molar-refractivity contribution in [2.24, 2.45) is 0 Å². The zero-order chi connectivity index (χ0) is 18.3. The maximum atomic E-state index is 14.5. The predicted octanol–water partition coefficient (Wildman–Crippen LogP) is 1.82. The quantitative estimate of drug-likeness (QED) is 0.513. The van der Waals surface area contributed by atoms with Gasteiger partial charge in [-0.1, -0.05) is 18.2 Å². The highest BCUT2D eigenvalue weighted by atomic mass is 19.1. The zero-order valence-corrected chi connectivity index (χ0v) is 13.6. The van der Waals surface area contributed by atoms with Gasteiger partial charge in [-0.25, -0.2) is 14.4 Å². The lowest BCUT2D eigenvalue weighted by Crippen LogP contribution is -2.07. The lowest BCUT2D eigenvalue weighted by molar-refractivity contribution is 0.616. The fourth-order valence-corrected chi connectivity index (χ4v) is 2.75. The molecule has 0 fully saturated rings. The molecule has 0 amide bonds. The Morgan fingerprint density at radius 3 is 2.46 bits per heavy atom. The van der Waals surface area contributed by atoms with Crippen LogP contribution in [0.1, 0.15) is 5.56 Å². The minimum absolute atomic E-state index is 0.0545. The molecule has 3 aromatic heterocycles. The van der Waals surface area contributed by atoms with Crippen LogP contribution in [0.5, 0.6) is 0 Å². The third-order valence-electron chi connectivity index (χ3n) is 3.99. The molecule has 9 heteroatoms. The Kier molecular flexibility index (Phi) is 3.61. The fraction of sp³-hybridized carbons (Fsp3) is 0.0588.